The summed E-state index contributed by atoms with van der Waals surface area (Å²) in [6, 6.07) is 0. The molecule has 0 aromatic heterocycles. The molecule has 0 atom stereocenters. The Morgan fingerprint density at radius 2 is 0.750 bits per heavy atom. The van der Waals surface area contributed by atoms with Gasteiger partial charge >= 0.3 is 0 Å². The number of unbranched alkanes of at least 4 members (excludes halogenated alkanes) is 6. The average Bonchev–Trinajstić information content (AvgIpc) is 2.03. The van der Waals surface area contributed by atoms with Crippen LogP contribution in [-0.2, 0) is 0 Å². The molecule has 0 saturated carbocycles. The smallest absolute Gasteiger partial charge is 0.0223 e. The average molecular weight is 234 g/mol. The fraction of sp³-hybridized carbons (Fsp3) is 1.00. The molecule has 0 aliphatic heterocycles. The van der Waals surface area contributed by atoms with Crippen LogP contribution >= 0.6 is 35.6 Å². The Hall–Kier alpha value is 0.870. The molecule has 12 heavy (non-hydrogen) atoms. The monoisotopic (exact) mass is 232 g/mol. The third-order valence-corrected chi connectivity index (χ3v) is 2.30. The largest absolute Gasteiger partial charge is 0.147 e. The summed E-state index contributed by atoms with van der Waals surface area (Å²) in [6.07, 6.45) is 8.99. The van der Waals surface area contributed by atoms with E-state index in [1.807, 2.05) is 0 Å². The van der Waals surface area contributed by atoms with Crippen molar-refractivity contribution in [2.75, 3.05) is 11.8 Å². The van der Waals surface area contributed by atoms with Crippen LogP contribution in [0.15, 0.2) is 0 Å². The zero-order chi connectivity index (χ0) is 8.36. The summed E-state index contributed by atoms with van der Waals surface area (Å²) in [6.45, 7) is 0. The molecule has 0 aliphatic rings. The van der Waals surface area contributed by atoms with E-state index in [4.69, 9.17) is 23.2 Å². The first-order chi connectivity index (χ1) is 5.41. The quantitative estimate of drug-likeness (QED) is 0.424. The van der Waals surface area contributed by atoms with Gasteiger partial charge in [0, 0.05) is 11.8 Å². The Balaban J connectivity index is 0. The van der Waals surface area contributed by atoms with Gasteiger partial charge in [-0.1, -0.05) is 32.1 Å². The van der Waals surface area contributed by atoms with Crippen molar-refractivity contribution < 1.29 is 0 Å². The van der Waals surface area contributed by atoms with Gasteiger partial charge in [-0.15, -0.1) is 35.6 Å². The van der Waals surface area contributed by atoms with E-state index in [1.165, 1.54) is 44.9 Å². The van der Waals surface area contributed by atoms with Crippen molar-refractivity contribution in [3.8, 4) is 0 Å². The van der Waals surface area contributed by atoms with Crippen LogP contribution in [0.1, 0.15) is 44.9 Å². The van der Waals surface area contributed by atoms with Crippen LogP contribution in [0.3, 0.4) is 0 Å². The summed E-state index contributed by atoms with van der Waals surface area (Å²) < 4.78 is 0. The lowest BCUT2D eigenvalue weighted by Gasteiger charge is -1.98. The van der Waals surface area contributed by atoms with Gasteiger partial charge in [-0.2, -0.15) is 0 Å². The fourth-order valence-electron chi connectivity index (χ4n) is 1.07. The highest BCUT2D eigenvalue weighted by Gasteiger charge is 1.89. The van der Waals surface area contributed by atoms with E-state index >= 15 is 0 Å². The first kappa shape index (κ1) is 15.3. The molecule has 0 spiro atoms. The molecular weight excluding hydrogens is 214 g/mol. The normalized spacial score (nSPS) is 9.50. The summed E-state index contributed by atoms with van der Waals surface area (Å²) in [7, 11) is 0. The summed E-state index contributed by atoms with van der Waals surface area (Å²) in [5, 5.41) is 0. The van der Waals surface area contributed by atoms with Crippen LogP contribution in [0.4, 0.5) is 0 Å². The SMILES string of the molecule is Cl.ClCCCCCCCCCCl. The van der Waals surface area contributed by atoms with Crippen LogP contribution in [-0.4, -0.2) is 11.8 Å². The number of hydrogen-bond donors (Lipinski definition) is 0. The number of halogens is 3. The minimum Gasteiger partial charge on any atom is -0.147 e. The zero-order valence-electron chi connectivity index (χ0n) is 7.53. The van der Waals surface area contributed by atoms with Crippen molar-refractivity contribution in [1.82, 2.24) is 0 Å². The fourth-order valence-corrected chi connectivity index (χ4v) is 1.45. The Labute approximate surface area is 92.4 Å². The van der Waals surface area contributed by atoms with Crippen LogP contribution in [0.5, 0.6) is 0 Å². The Morgan fingerprint density at radius 1 is 0.500 bits per heavy atom. The lowest BCUT2D eigenvalue weighted by Crippen LogP contribution is -1.81. The van der Waals surface area contributed by atoms with Gasteiger partial charge in [0.2, 0.25) is 0 Å². The first-order valence-corrected chi connectivity index (χ1v) is 5.60. The molecule has 0 fully saturated rings. The molecule has 0 nitrogen and oxygen atoms in total. The van der Waals surface area contributed by atoms with E-state index in [1.54, 1.807) is 0 Å². The minimum absolute atomic E-state index is 0. The molecule has 3 heteroatoms. The molecule has 0 amide bonds. The number of rotatable bonds is 8. The Kier molecular flexibility index (Phi) is 18.4. The second-order valence-electron chi connectivity index (χ2n) is 2.85. The molecule has 0 rings (SSSR count). The Bertz CT molecular complexity index is 58.8. The maximum absolute atomic E-state index is 5.55. The third-order valence-electron chi connectivity index (χ3n) is 1.77. The number of hydrogen-bond acceptors (Lipinski definition) is 0. The van der Waals surface area contributed by atoms with Crippen molar-refractivity contribution in [3.63, 3.8) is 0 Å². The highest BCUT2D eigenvalue weighted by molar-refractivity contribution is 6.18. The summed E-state index contributed by atoms with van der Waals surface area (Å²) in [5.41, 5.74) is 0. The van der Waals surface area contributed by atoms with E-state index in [-0.39, 0.29) is 12.4 Å². The van der Waals surface area contributed by atoms with Crippen molar-refractivity contribution in [1.29, 1.82) is 0 Å². The van der Waals surface area contributed by atoms with Gasteiger partial charge in [0.25, 0.3) is 0 Å². The van der Waals surface area contributed by atoms with Crippen LogP contribution < -0.4 is 0 Å². The van der Waals surface area contributed by atoms with Gasteiger partial charge in [0.05, 0.1) is 0 Å². The summed E-state index contributed by atoms with van der Waals surface area (Å²) in [4.78, 5) is 0. The highest BCUT2D eigenvalue weighted by atomic mass is 35.5. The lowest BCUT2D eigenvalue weighted by molar-refractivity contribution is 0.604. The third kappa shape index (κ3) is 13.5. The van der Waals surface area contributed by atoms with Gasteiger partial charge < -0.3 is 0 Å². The standard InChI is InChI=1S/C9H18Cl2.ClH/c10-8-6-4-2-1-3-5-7-9-11;/h1-9H2;1H. The Morgan fingerprint density at radius 3 is 1.00 bits per heavy atom. The maximum Gasteiger partial charge on any atom is 0.0223 e. The van der Waals surface area contributed by atoms with Crippen LogP contribution in [0, 0.1) is 0 Å². The minimum atomic E-state index is 0. The predicted octanol–water partition coefficient (Wildman–Crippen LogP) is 4.62. The highest BCUT2D eigenvalue weighted by Crippen LogP contribution is 2.07. The van der Waals surface area contributed by atoms with E-state index in [9.17, 15) is 0 Å². The van der Waals surface area contributed by atoms with E-state index in [0.29, 0.717) is 0 Å². The van der Waals surface area contributed by atoms with Gasteiger partial charge in [-0.05, 0) is 12.8 Å². The summed E-state index contributed by atoms with van der Waals surface area (Å²) in [5.74, 6) is 1.64. The molecule has 0 heterocycles. The summed E-state index contributed by atoms with van der Waals surface area (Å²) >= 11 is 11.1. The number of alkyl halides is 2. The second-order valence-corrected chi connectivity index (χ2v) is 3.61. The molecule has 0 aromatic carbocycles. The molecule has 0 radical (unpaired) electrons. The molecule has 0 saturated heterocycles. The van der Waals surface area contributed by atoms with Gasteiger partial charge in [0.1, 0.15) is 0 Å². The van der Waals surface area contributed by atoms with Gasteiger partial charge in [-0.3, -0.25) is 0 Å². The molecule has 76 valence electrons. The molecule has 0 N–H and O–H groups in total. The van der Waals surface area contributed by atoms with Crippen molar-refractivity contribution in [3.05, 3.63) is 0 Å². The molecular formula is C9H19Cl3. The topological polar surface area (TPSA) is 0 Å². The van der Waals surface area contributed by atoms with E-state index in [0.717, 1.165) is 11.8 Å². The molecule has 0 aliphatic carbocycles. The van der Waals surface area contributed by atoms with Crippen molar-refractivity contribution >= 4 is 35.6 Å². The lowest BCUT2D eigenvalue weighted by atomic mass is 10.1. The molecule has 0 unspecified atom stereocenters. The molecule has 0 aromatic rings. The second kappa shape index (κ2) is 14.4. The molecule has 0 bridgehead atoms. The zero-order valence-corrected chi connectivity index (χ0v) is 9.86. The van der Waals surface area contributed by atoms with Crippen molar-refractivity contribution in [2.45, 2.75) is 44.9 Å². The van der Waals surface area contributed by atoms with Crippen LogP contribution in [0.25, 0.3) is 0 Å². The van der Waals surface area contributed by atoms with E-state index < -0.39 is 0 Å². The van der Waals surface area contributed by atoms with Crippen LogP contribution in [0.2, 0.25) is 0 Å². The van der Waals surface area contributed by atoms with Gasteiger partial charge in [0.15, 0.2) is 0 Å². The van der Waals surface area contributed by atoms with E-state index in [2.05, 4.69) is 0 Å². The van der Waals surface area contributed by atoms with Gasteiger partial charge in [-0.25, -0.2) is 0 Å². The first-order valence-electron chi connectivity index (χ1n) is 4.53. The van der Waals surface area contributed by atoms with Crippen molar-refractivity contribution in [2.24, 2.45) is 0 Å². The maximum atomic E-state index is 5.55. The predicted molar refractivity (Wildman–Crippen MR) is 61.0 cm³/mol.